The molecule has 2 saturated heterocycles. The molecule has 0 aromatic carbocycles. The number of anilines is 2. The third-order valence-electron chi connectivity index (χ3n) is 5.36. The zero-order valence-electron chi connectivity index (χ0n) is 17.3. The normalized spacial score (nSPS) is 19.5. The van der Waals surface area contributed by atoms with Gasteiger partial charge in [-0.05, 0) is 26.3 Å². The molecule has 1 atom stereocenters. The highest BCUT2D eigenvalue weighted by Gasteiger charge is 2.25. The number of aryl methyl sites for hydroxylation is 1. The van der Waals surface area contributed by atoms with Crippen LogP contribution in [0.1, 0.15) is 40.8 Å². The van der Waals surface area contributed by atoms with Gasteiger partial charge in [0, 0.05) is 37.0 Å². The van der Waals surface area contributed by atoms with Gasteiger partial charge in [-0.15, -0.1) is 11.3 Å². The summed E-state index contributed by atoms with van der Waals surface area (Å²) >= 11 is 1.32. The highest BCUT2D eigenvalue weighted by Crippen LogP contribution is 2.28. The van der Waals surface area contributed by atoms with Crippen LogP contribution in [0.15, 0.2) is 11.4 Å². The molecule has 2 aliphatic heterocycles. The van der Waals surface area contributed by atoms with Crippen LogP contribution in [-0.4, -0.2) is 75.8 Å². The van der Waals surface area contributed by atoms with Crippen molar-refractivity contribution in [2.24, 2.45) is 0 Å². The molecule has 31 heavy (non-hydrogen) atoms. The maximum Gasteiger partial charge on any atom is 0.273 e. The number of thiazole rings is 1. The lowest BCUT2D eigenvalue weighted by Gasteiger charge is -2.30. The third-order valence-corrected chi connectivity index (χ3v) is 6.12. The van der Waals surface area contributed by atoms with E-state index in [2.05, 4.69) is 36.6 Å². The molecule has 0 aliphatic carbocycles. The fourth-order valence-electron chi connectivity index (χ4n) is 3.92. The zero-order valence-corrected chi connectivity index (χ0v) is 18.1. The smallest absolute Gasteiger partial charge is 0.273 e. The number of amides is 2. The molecular formula is C20H24N8O2S. The molecule has 10 nitrogen and oxygen atoms in total. The predicted octanol–water partition coefficient (Wildman–Crippen LogP) is 1.26. The highest BCUT2D eigenvalue weighted by molar-refractivity contribution is 7.14. The van der Waals surface area contributed by atoms with Gasteiger partial charge in [-0.1, -0.05) is 0 Å². The maximum absolute atomic E-state index is 12.6. The summed E-state index contributed by atoms with van der Waals surface area (Å²) in [7, 11) is 0. The zero-order chi connectivity index (χ0) is 21.8. The Labute approximate surface area is 184 Å². The standard InChI is InChI=1S/C20H24N8O2S/c1-13-23-15(14-3-2-6-27(10-14)7-4-21)9-17(24-13)26-20-25-16(12-31-20)19(30)28-8-5-22-18(29)11-28/h9,12,14H,2-3,5-8,10-11H2,1H3,(H,22,29)(H,23,24,25,26)/t14-/m1/s1. The average molecular weight is 441 g/mol. The molecule has 2 aromatic rings. The maximum atomic E-state index is 12.6. The minimum Gasteiger partial charge on any atom is -0.353 e. The number of rotatable bonds is 5. The first kappa shape index (κ1) is 21.1. The van der Waals surface area contributed by atoms with E-state index in [4.69, 9.17) is 5.26 Å². The van der Waals surface area contributed by atoms with E-state index in [1.165, 1.54) is 16.2 Å². The number of carbonyl (C=O) groups excluding carboxylic acids is 2. The largest absolute Gasteiger partial charge is 0.353 e. The number of piperidine rings is 1. The van der Waals surface area contributed by atoms with Crippen molar-refractivity contribution in [1.82, 2.24) is 30.1 Å². The van der Waals surface area contributed by atoms with Crippen LogP contribution in [-0.2, 0) is 4.79 Å². The van der Waals surface area contributed by atoms with E-state index in [9.17, 15) is 9.59 Å². The van der Waals surface area contributed by atoms with Crippen LogP contribution in [0.2, 0.25) is 0 Å². The van der Waals surface area contributed by atoms with Crippen LogP contribution in [0.5, 0.6) is 0 Å². The number of nitriles is 1. The van der Waals surface area contributed by atoms with Gasteiger partial charge >= 0.3 is 0 Å². The average Bonchev–Trinajstić information content (AvgIpc) is 3.21. The molecule has 0 spiro atoms. The molecule has 162 valence electrons. The Morgan fingerprint density at radius 2 is 2.26 bits per heavy atom. The number of hydrogen-bond donors (Lipinski definition) is 2. The van der Waals surface area contributed by atoms with E-state index in [0.717, 1.165) is 31.6 Å². The van der Waals surface area contributed by atoms with Crippen LogP contribution in [0.4, 0.5) is 10.9 Å². The first-order valence-electron chi connectivity index (χ1n) is 10.2. The molecule has 11 heteroatoms. The second-order valence-corrected chi connectivity index (χ2v) is 8.56. The summed E-state index contributed by atoms with van der Waals surface area (Å²) < 4.78 is 0. The van der Waals surface area contributed by atoms with E-state index >= 15 is 0 Å². The first-order chi connectivity index (χ1) is 15.0. The lowest BCUT2D eigenvalue weighted by atomic mass is 9.94. The molecule has 0 radical (unpaired) electrons. The van der Waals surface area contributed by atoms with E-state index in [1.807, 2.05) is 13.0 Å². The van der Waals surface area contributed by atoms with Crippen molar-refractivity contribution in [3.8, 4) is 6.07 Å². The fourth-order valence-corrected chi connectivity index (χ4v) is 4.61. The Kier molecular flexibility index (Phi) is 6.39. The summed E-state index contributed by atoms with van der Waals surface area (Å²) in [6, 6.07) is 4.15. The monoisotopic (exact) mass is 440 g/mol. The van der Waals surface area contributed by atoms with Crippen molar-refractivity contribution in [1.29, 1.82) is 5.26 Å². The lowest BCUT2D eigenvalue weighted by Crippen LogP contribution is -2.50. The molecule has 2 amide bonds. The van der Waals surface area contributed by atoms with Gasteiger partial charge in [0.1, 0.15) is 17.3 Å². The second-order valence-electron chi connectivity index (χ2n) is 7.70. The van der Waals surface area contributed by atoms with Crippen molar-refractivity contribution < 1.29 is 9.59 Å². The van der Waals surface area contributed by atoms with Gasteiger partial charge in [0.2, 0.25) is 5.91 Å². The van der Waals surface area contributed by atoms with Gasteiger partial charge in [0.25, 0.3) is 5.91 Å². The number of likely N-dealkylation sites (tertiary alicyclic amines) is 1. The van der Waals surface area contributed by atoms with Gasteiger partial charge in [0.15, 0.2) is 5.13 Å². The van der Waals surface area contributed by atoms with Crippen LogP contribution in [0.3, 0.4) is 0 Å². The van der Waals surface area contributed by atoms with Crippen molar-refractivity contribution in [2.75, 3.05) is 44.6 Å². The molecule has 2 aromatic heterocycles. The topological polar surface area (TPSA) is 127 Å². The Hall–Kier alpha value is -3.10. The van der Waals surface area contributed by atoms with Crippen LogP contribution in [0.25, 0.3) is 0 Å². The van der Waals surface area contributed by atoms with Crippen molar-refractivity contribution >= 4 is 34.1 Å². The highest BCUT2D eigenvalue weighted by atomic mass is 32.1. The van der Waals surface area contributed by atoms with Crippen LogP contribution in [0, 0.1) is 18.3 Å². The van der Waals surface area contributed by atoms with Crippen LogP contribution >= 0.6 is 11.3 Å². The van der Waals surface area contributed by atoms with E-state index < -0.39 is 0 Å². The predicted molar refractivity (Wildman–Crippen MR) is 115 cm³/mol. The Morgan fingerprint density at radius 1 is 1.39 bits per heavy atom. The van der Waals surface area contributed by atoms with Gasteiger partial charge in [0.05, 0.1) is 24.9 Å². The molecule has 2 N–H and O–H groups in total. The second kappa shape index (κ2) is 9.36. The van der Waals surface area contributed by atoms with Crippen LogP contribution < -0.4 is 10.6 Å². The Balaban J connectivity index is 1.46. The summed E-state index contributed by atoms with van der Waals surface area (Å²) in [5, 5.41) is 17.1. The summed E-state index contributed by atoms with van der Waals surface area (Å²) in [4.78, 5) is 41.3. The molecule has 4 heterocycles. The molecule has 0 saturated carbocycles. The van der Waals surface area contributed by atoms with E-state index in [1.54, 1.807) is 5.38 Å². The van der Waals surface area contributed by atoms with Crippen molar-refractivity contribution in [2.45, 2.75) is 25.7 Å². The Bertz CT molecular complexity index is 1020. The minimum absolute atomic E-state index is 0.0534. The molecule has 2 fully saturated rings. The number of nitrogens with zero attached hydrogens (tertiary/aromatic N) is 6. The molecule has 0 bridgehead atoms. The number of aromatic nitrogens is 3. The van der Waals surface area contributed by atoms with E-state index in [-0.39, 0.29) is 24.3 Å². The SMILES string of the molecule is Cc1nc(Nc2nc(C(=O)N3CCNC(=O)C3)cs2)cc([C@@H]2CCCN(CC#N)C2)n1. The number of nitrogens with one attached hydrogen (secondary N) is 2. The third kappa shape index (κ3) is 5.15. The first-order valence-corrected chi connectivity index (χ1v) is 11.1. The van der Waals surface area contributed by atoms with Gasteiger partial charge in [-0.2, -0.15) is 5.26 Å². The fraction of sp³-hybridized carbons (Fsp3) is 0.500. The van der Waals surface area contributed by atoms with Gasteiger partial charge in [-0.3, -0.25) is 14.5 Å². The lowest BCUT2D eigenvalue weighted by molar-refractivity contribution is -0.123. The summed E-state index contributed by atoms with van der Waals surface area (Å²) in [6.45, 7) is 5.01. The van der Waals surface area contributed by atoms with Gasteiger partial charge < -0.3 is 15.5 Å². The number of carbonyl (C=O) groups is 2. The molecule has 2 aliphatic rings. The molecule has 4 rings (SSSR count). The summed E-state index contributed by atoms with van der Waals surface area (Å²) in [5.41, 5.74) is 1.26. The quantitative estimate of drug-likeness (QED) is 0.665. The molecule has 0 unspecified atom stereocenters. The Morgan fingerprint density at radius 3 is 3.06 bits per heavy atom. The summed E-state index contributed by atoms with van der Waals surface area (Å²) in [5.74, 6) is 1.13. The number of piperazine rings is 1. The van der Waals surface area contributed by atoms with Gasteiger partial charge in [-0.25, -0.2) is 15.0 Å². The molecular weight excluding hydrogens is 416 g/mol. The summed E-state index contributed by atoms with van der Waals surface area (Å²) in [6.07, 6.45) is 2.06. The minimum atomic E-state index is -0.251. The van der Waals surface area contributed by atoms with Crippen molar-refractivity contribution in [3.63, 3.8) is 0 Å². The number of hydrogen-bond acceptors (Lipinski definition) is 9. The van der Waals surface area contributed by atoms with E-state index in [0.29, 0.717) is 42.1 Å². The van der Waals surface area contributed by atoms with Crippen molar-refractivity contribution in [3.05, 3.63) is 28.7 Å².